The zero-order valence-electron chi connectivity index (χ0n) is 12.6. The van der Waals surface area contributed by atoms with Gasteiger partial charge in [-0.05, 0) is 12.8 Å². The number of quaternary nitrogens is 2. The topological polar surface area (TPSA) is 32.6 Å². The molecule has 1 fully saturated rings. The SMILES string of the molecule is C[N+](C)(C)CC1CCC(C[N+](C)(C)C)C1=NO.[I-]. The van der Waals surface area contributed by atoms with Gasteiger partial charge in [0.2, 0.25) is 0 Å². The molecule has 0 amide bonds. The molecule has 0 heterocycles. The third kappa shape index (κ3) is 5.84. The first-order valence-electron chi connectivity index (χ1n) is 6.45. The Kier molecular flexibility index (Phi) is 6.56. The Hall–Kier alpha value is 0.120. The van der Waals surface area contributed by atoms with Crippen LogP contribution in [0.5, 0.6) is 0 Å². The molecule has 18 heavy (non-hydrogen) atoms. The summed E-state index contributed by atoms with van der Waals surface area (Å²) in [6.45, 7) is 2.13. The predicted octanol–water partition coefficient (Wildman–Crippen LogP) is -1.74. The molecule has 108 valence electrons. The van der Waals surface area contributed by atoms with Crippen LogP contribution in [0.1, 0.15) is 12.8 Å². The summed E-state index contributed by atoms with van der Waals surface area (Å²) >= 11 is 0. The van der Waals surface area contributed by atoms with Crippen molar-refractivity contribution in [1.29, 1.82) is 0 Å². The number of hydrogen-bond acceptors (Lipinski definition) is 2. The van der Waals surface area contributed by atoms with Gasteiger partial charge in [0.05, 0.1) is 72.9 Å². The molecular formula is C13H29IN3O+. The van der Waals surface area contributed by atoms with Crippen LogP contribution in [0.25, 0.3) is 0 Å². The molecule has 1 rings (SSSR count). The number of nitrogens with zero attached hydrogens (tertiary/aromatic N) is 3. The maximum absolute atomic E-state index is 9.27. The molecule has 1 saturated carbocycles. The lowest BCUT2D eigenvalue weighted by Crippen LogP contribution is -3.00. The van der Waals surface area contributed by atoms with Gasteiger partial charge in [0.1, 0.15) is 0 Å². The standard InChI is InChI=1S/C13H28N3O.HI/c1-15(2,3)9-11-7-8-12(13(11)14-17)10-16(4,5)6;/h11-12H,7-10H2,1-6H3;1H/q+1;. The highest BCUT2D eigenvalue weighted by molar-refractivity contribution is 5.90. The van der Waals surface area contributed by atoms with Gasteiger partial charge in [-0.1, -0.05) is 5.16 Å². The van der Waals surface area contributed by atoms with E-state index in [1.165, 1.54) is 12.8 Å². The van der Waals surface area contributed by atoms with Gasteiger partial charge in [-0.2, -0.15) is 0 Å². The second-order valence-electron chi connectivity index (χ2n) is 7.44. The summed E-state index contributed by atoms with van der Waals surface area (Å²) in [5, 5.41) is 12.9. The van der Waals surface area contributed by atoms with Gasteiger partial charge < -0.3 is 38.1 Å². The van der Waals surface area contributed by atoms with E-state index >= 15 is 0 Å². The normalized spacial score (nSPS) is 24.9. The molecule has 0 aromatic heterocycles. The van der Waals surface area contributed by atoms with Crippen molar-refractivity contribution in [2.24, 2.45) is 17.0 Å². The summed E-state index contributed by atoms with van der Waals surface area (Å²) in [6, 6.07) is 0. The van der Waals surface area contributed by atoms with E-state index in [1.807, 2.05) is 0 Å². The van der Waals surface area contributed by atoms with Gasteiger partial charge in [0.15, 0.2) is 0 Å². The molecule has 4 nitrogen and oxygen atoms in total. The first kappa shape index (κ1) is 18.1. The van der Waals surface area contributed by atoms with Crippen LogP contribution in [-0.4, -0.2) is 75.3 Å². The summed E-state index contributed by atoms with van der Waals surface area (Å²) in [4.78, 5) is 0. The average molecular weight is 370 g/mol. The highest BCUT2D eigenvalue weighted by Crippen LogP contribution is 2.30. The fourth-order valence-electron chi connectivity index (χ4n) is 2.89. The first-order valence-corrected chi connectivity index (χ1v) is 6.45. The Labute approximate surface area is 129 Å². The Morgan fingerprint density at radius 2 is 1.28 bits per heavy atom. The van der Waals surface area contributed by atoms with E-state index in [0.717, 1.165) is 27.8 Å². The van der Waals surface area contributed by atoms with Crippen molar-refractivity contribution in [1.82, 2.24) is 0 Å². The summed E-state index contributed by atoms with van der Waals surface area (Å²) in [6.07, 6.45) is 2.33. The van der Waals surface area contributed by atoms with E-state index in [9.17, 15) is 5.21 Å². The summed E-state index contributed by atoms with van der Waals surface area (Å²) in [5.74, 6) is 0.910. The molecule has 5 heteroatoms. The number of rotatable bonds is 4. The van der Waals surface area contributed by atoms with Crippen molar-refractivity contribution in [2.45, 2.75) is 12.8 Å². The minimum Gasteiger partial charge on any atom is -1.00 e. The molecule has 0 aliphatic heterocycles. The van der Waals surface area contributed by atoms with Gasteiger partial charge in [0, 0.05) is 0 Å². The molecule has 0 saturated heterocycles. The molecule has 2 unspecified atom stereocenters. The van der Waals surface area contributed by atoms with Crippen molar-refractivity contribution in [3.05, 3.63) is 0 Å². The molecule has 0 aromatic carbocycles. The fourth-order valence-corrected chi connectivity index (χ4v) is 2.89. The third-order valence-corrected chi connectivity index (χ3v) is 3.35. The van der Waals surface area contributed by atoms with Crippen molar-refractivity contribution in [3.8, 4) is 0 Å². The maximum atomic E-state index is 9.27. The van der Waals surface area contributed by atoms with Gasteiger partial charge in [0.25, 0.3) is 0 Å². The summed E-state index contributed by atoms with van der Waals surface area (Å²) in [7, 11) is 13.2. The molecule has 1 N–H and O–H groups in total. The smallest absolute Gasteiger partial charge is 0.0863 e. The molecular weight excluding hydrogens is 341 g/mol. The monoisotopic (exact) mass is 370 g/mol. The average Bonchev–Trinajstić information content (AvgIpc) is 2.41. The molecule has 0 radical (unpaired) electrons. The minimum atomic E-state index is 0. The maximum Gasteiger partial charge on any atom is 0.0863 e. The molecule has 0 spiro atoms. The van der Waals surface area contributed by atoms with E-state index in [0.29, 0.717) is 11.8 Å². The fraction of sp³-hybridized carbons (Fsp3) is 0.923. The van der Waals surface area contributed by atoms with Crippen molar-refractivity contribution >= 4 is 5.71 Å². The quantitative estimate of drug-likeness (QED) is 0.271. The van der Waals surface area contributed by atoms with Crippen LogP contribution in [0, 0.1) is 11.8 Å². The number of oxime groups is 1. The first-order chi connectivity index (χ1) is 7.62. The second-order valence-corrected chi connectivity index (χ2v) is 7.44. The predicted molar refractivity (Wildman–Crippen MR) is 71.2 cm³/mol. The largest absolute Gasteiger partial charge is 1.00 e. The minimum absolute atomic E-state index is 0. The zero-order valence-corrected chi connectivity index (χ0v) is 14.8. The van der Waals surface area contributed by atoms with Crippen LogP contribution in [0.3, 0.4) is 0 Å². The van der Waals surface area contributed by atoms with Gasteiger partial charge in [-0.3, -0.25) is 0 Å². The summed E-state index contributed by atoms with van der Waals surface area (Å²) in [5.41, 5.74) is 1.03. The van der Waals surface area contributed by atoms with Crippen LogP contribution < -0.4 is 24.0 Å². The highest BCUT2D eigenvalue weighted by atomic mass is 127. The van der Waals surface area contributed by atoms with Crippen LogP contribution in [0.2, 0.25) is 0 Å². The molecule has 0 bridgehead atoms. The van der Waals surface area contributed by atoms with E-state index in [1.54, 1.807) is 0 Å². The summed E-state index contributed by atoms with van der Waals surface area (Å²) < 4.78 is 1.86. The van der Waals surface area contributed by atoms with Crippen molar-refractivity contribution in [3.63, 3.8) is 0 Å². The Morgan fingerprint density at radius 3 is 1.50 bits per heavy atom. The molecule has 1 aliphatic carbocycles. The highest BCUT2D eigenvalue weighted by Gasteiger charge is 2.38. The Balaban J connectivity index is 0.00000289. The molecule has 0 aromatic rings. The zero-order chi connectivity index (χ0) is 13.3. The lowest BCUT2D eigenvalue weighted by Gasteiger charge is -2.29. The van der Waals surface area contributed by atoms with E-state index in [4.69, 9.17) is 0 Å². The molecule has 2 atom stereocenters. The third-order valence-electron chi connectivity index (χ3n) is 3.35. The van der Waals surface area contributed by atoms with Gasteiger partial charge in [-0.25, -0.2) is 0 Å². The van der Waals surface area contributed by atoms with E-state index in [-0.39, 0.29) is 24.0 Å². The Bertz CT molecular complexity index is 266. The number of halogens is 1. The van der Waals surface area contributed by atoms with Gasteiger partial charge >= 0.3 is 0 Å². The second kappa shape index (κ2) is 6.52. The van der Waals surface area contributed by atoms with Crippen LogP contribution in [0.15, 0.2) is 5.16 Å². The lowest BCUT2D eigenvalue weighted by molar-refractivity contribution is -0.873. The lowest BCUT2D eigenvalue weighted by atomic mass is 10.00. The number of hydrogen-bond donors (Lipinski definition) is 1. The van der Waals surface area contributed by atoms with E-state index < -0.39 is 0 Å². The molecule has 1 aliphatic rings. The van der Waals surface area contributed by atoms with Gasteiger partial charge in [-0.15, -0.1) is 0 Å². The van der Waals surface area contributed by atoms with Crippen LogP contribution in [-0.2, 0) is 0 Å². The Morgan fingerprint density at radius 1 is 0.944 bits per heavy atom. The van der Waals surface area contributed by atoms with Crippen LogP contribution >= 0.6 is 0 Å². The van der Waals surface area contributed by atoms with Crippen molar-refractivity contribution < 1.29 is 38.1 Å². The van der Waals surface area contributed by atoms with Crippen molar-refractivity contribution in [2.75, 3.05) is 55.4 Å². The van der Waals surface area contributed by atoms with E-state index in [2.05, 4.69) is 47.4 Å². The van der Waals surface area contributed by atoms with Crippen LogP contribution in [0.4, 0.5) is 0 Å².